The normalized spacial score (nSPS) is 11.3. The Balaban J connectivity index is 2.24. The van der Waals surface area contributed by atoms with E-state index in [2.05, 4.69) is 4.98 Å². The Morgan fingerprint density at radius 3 is 2.82 bits per heavy atom. The third-order valence-electron chi connectivity index (χ3n) is 3.47. The zero-order valence-corrected chi connectivity index (χ0v) is 13.6. The zero-order chi connectivity index (χ0) is 15.9. The van der Waals surface area contributed by atoms with Crippen molar-refractivity contribution in [2.45, 2.75) is 13.3 Å². The first-order chi connectivity index (χ1) is 10.6. The van der Waals surface area contributed by atoms with Gasteiger partial charge in [0, 0.05) is 29.6 Å². The molecule has 6 nitrogen and oxygen atoms in total. The summed E-state index contributed by atoms with van der Waals surface area (Å²) in [4.78, 5) is 22.3. The average Bonchev–Trinajstić information content (AvgIpc) is 3.15. The van der Waals surface area contributed by atoms with Gasteiger partial charge < -0.3 is 9.15 Å². The van der Waals surface area contributed by atoms with E-state index in [1.165, 1.54) is 23.5 Å². The number of hydrogen-bond donors (Lipinski definition) is 0. The highest BCUT2D eigenvalue weighted by Gasteiger charge is 2.20. The van der Waals surface area contributed by atoms with Crippen molar-refractivity contribution in [2.75, 3.05) is 21.3 Å². The summed E-state index contributed by atoms with van der Waals surface area (Å²) in [6.45, 7) is 1.98. The number of aryl methyl sites for hydroxylation is 1. The van der Waals surface area contributed by atoms with Crippen LogP contribution >= 0.6 is 11.3 Å². The highest BCUT2D eigenvalue weighted by Crippen LogP contribution is 2.38. The first-order valence-corrected chi connectivity index (χ1v) is 7.62. The number of hydroxylamine groups is 2. The SMILES string of the molecule is CCc1nc2c(o1)c(OC)cc1sc(C(=O)N(C)OC)cc12. The number of methoxy groups -OCH3 is 1. The van der Waals surface area contributed by atoms with Crippen molar-refractivity contribution in [1.82, 2.24) is 10.0 Å². The third kappa shape index (κ3) is 2.22. The molecule has 0 aliphatic carbocycles. The number of rotatable bonds is 4. The lowest BCUT2D eigenvalue weighted by molar-refractivity contribution is -0.0753. The summed E-state index contributed by atoms with van der Waals surface area (Å²) in [6, 6.07) is 3.69. The molecular formula is C15H16N2O4S. The van der Waals surface area contributed by atoms with Crippen LogP contribution in [0.5, 0.6) is 5.75 Å². The fourth-order valence-electron chi connectivity index (χ4n) is 2.24. The van der Waals surface area contributed by atoms with Crippen LogP contribution in [0, 0.1) is 0 Å². The van der Waals surface area contributed by atoms with Crippen LogP contribution in [0.25, 0.3) is 21.2 Å². The summed E-state index contributed by atoms with van der Waals surface area (Å²) in [5, 5.41) is 2.08. The molecule has 0 aliphatic heterocycles. The van der Waals surface area contributed by atoms with Crippen LogP contribution < -0.4 is 4.74 Å². The van der Waals surface area contributed by atoms with Gasteiger partial charge >= 0.3 is 0 Å². The molecule has 3 aromatic rings. The molecule has 3 rings (SSSR count). The van der Waals surface area contributed by atoms with E-state index >= 15 is 0 Å². The van der Waals surface area contributed by atoms with E-state index < -0.39 is 0 Å². The minimum Gasteiger partial charge on any atom is -0.493 e. The van der Waals surface area contributed by atoms with E-state index in [0.29, 0.717) is 28.5 Å². The molecule has 7 heteroatoms. The lowest BCUT2D eigenvalue weighted by Gasteiger charge is -2.11. The van der Waals surface area contributed by atoms with Crippen LogP contribution in [0.1, 0.15) is 22.5 Å². The van der Waals surface area contributed by atoms with Gasteiger partial charge in [-0.05, 0) is 6.07 Å². The van der Waals surface area contributed by atoms with E-state index in [-0.39, 0.29) is 5.91 Å². The van der Waals surface area contributed by atoms with Crippen LogP contribution in [-0.4, -0.2) is 37.2 Å². The Morgan fingerprint density at radius 1 is 1.41 bits per heavy atom. The van der Waals surface area contributed by atoms with Gasteiger partial charge in [-0.1, -0.05) is 6.92 Å². The summed E-state index contributed by atoms with van der Waals surface area (Å²) in [5.41, 5.74) is 1.34. The number of amides is 1. The lowest BCUT2D eigenvalue weighted by atomic mass is 10.2. The summed E-state index contributed by atoms with van der Waals surface area (Å²) >= 11 is 1.38. The second-order valence-corrected chi connectivity index (χ2v) is 5.81. The number of ether oxygens (including phenoxy) is 1. The molecule has 1 aromatic carbocycles. The smallest absolute Gasteiger partial charge is 0.287 e. The largest absolute Gasteiger partial charge is 0.493 e. The Bertz CT molecular complexity index is 852. The molecule has 0 N–H and O–H groups in total. The molecule has 0 aliphatic rings. The van der Waals surface area contributed by atoms with Crippen molar-refractivity contribution in [1.29, 1.82) is 0 Å². The second-order valence-electron chi connectivity index (χ2n) is 4.73. The minimum atomic E-state index is -0.199. The topological polar surface area (TPSA) is 64.8 Å². The van der Waals surface area contributed by atoms with E-state index in [1.54, 1.807) is 14.2 Å². The molecule has 22 heavy (non-hydrogen) atoms. The fourth-order valence-corrected chi connectivity index (χ4v) is 3.30. The maximum Gasteiger partial charge on any atom is 0.287 e. The average molecular weight is 320 g/mol. The number of fused-ring (bicyclic) bond motifs is 3. The number of thiophene rings is 1. The quantitative estimate of drug-likeness (QED) is 0.690. The van der Waals surface area contributed by atoms with Crippen molar-refractivity contribution in [3.05, 3.63) is 22.9 Å². The molecule has 0 bridgehead atoms. The van der Waals surface area contributed by atoms with Crippen LogP contribution in [0.15, 0.2) is 16.5 Å². The van der Waals surface area contributed by atoms with Gasteiger partial charge in [0.25, 0.3) is 5.91 Å². The molecule has 2 aromatic heterocycles. The monoisotopic (exact) mass is 320 g/mol. The standard InChI is InChI=1S/C15H16N2O4S/c1-5-12-16-13-8-6-11(15(18)17(2)20-4)22-10(8)7-9(19-3)14(13)21-12/h6-7H,5H2,1-4H3. The van der Waals surface area contributed by atoms with Crippen LogP contribution in [-0.2, 0) is 11.3 Å². The second kappa shape index (κ2) is 5.58. The number of hydrogen-bond acceptors (Lipinski definition) is 6. The Kier molecular flexibility index (Phi) is 3.76. The highest BCUT2D eigenvalue weighted by atomic mass is 32.1. The van der Waals surface area contributed by atoms with Crippen LogP contribution in [0.2, 0.25) is 0 Å². The number of nitrogens with zero attached hydrogens (tertiary/aromatic N) is 2. The van der Waals surface area contributed by atoms with E-state index in [1.807, 2.05) is 19.1 Å². The van der Waals surface area contributed by atoms with Gasteiger partial charge in [-0.3, -0.25) is 9.63 Å². The van der Waals surface area contributed by atoms with Gasteiger partial charge in [0.1, 0.15) is 5.52 Å². The molecule has 0 atom stereocenters. The number of aromatic nitrogens is 1. The van der Waals surface area contributed by atoms with E-state index in [0.717, 1.165) is 15.6 Å². The van der Waals surface area contributed by atoms with E-state index in [4.69, 9.17) is 14.0 Å². The maximum atomic E-state index is 12.2. The summed E-state index contributed by atoms with van der Waals surface area (Å²) < 4.78 is 12.0. The first kappa shape index (κ1) is 14.8. The molecule has 1 amide bonds. The molecule has 0 spiro atoms. The molecule has 0 saturated heterocycles. The number of benzene rings is 1. The number of carbonyl (C=O) groups excluding carboxylic acids is 1. The lowest BCUT2D eigenvalue weighted by Crippen LogP contribution is -2.24. The molecule has 2 heterocycles. The maximum absolute atomic E-state index is 12.2. The van der Waals surface area contributed by atoms with Gasteiger partial charge in [0.15, 0.2) is 17.2 Å². The first-order valence-electron chi connectivity index (χ1n) is 6.81. The summed E-state index contributed by atoms with van der Waals surface area (Å²) in [5.74, 6) is 1.07. The molecule has 0 fully saturated rings. The van der Waals surface area contributed by atoms with Crippen LogP contribution in [0.4, 0.5) is 0 Å². The summed E-state index contributed by atoms with van der Waals surface area (Å²) in [7, 11) is 4.62. The summed E-state index contributed by atoms with van der Waals surface area (Å²) in [6.07, 6.45) is 0.696. The predicted octanol–water partition coefficient (Wildman–Crippen LogP) is 3.25. The number of oxazole rings is 1. The molecule has 116 valence electrons. The Hall–Kier alpha value is -2.12. The third-order valence-corrected chi connectivity index (χ3v) is 4.54. The van der Waals surface area contributed by atoms with Gasteiger partial charge in [-0.25, -0.2) is 10.0 Å². The van der Waals surface area contributed by atoms with Crippen molar-refractivity contribution < 1.29 is 18.8 Å². The van der Waals surface area contributed by atoms with Crippen molar-refractivity contribution in [3.8, 4) is 5.75 Å². The Morgan fingerprint density at radius 2 is 2.18 bits per heavy atom. The molecule has 0 unspecified atom stereocenters. The fraction of sp³-hybridized carbons (Fsp3) is 0.333. The molecule has 0 radical (unpaired) electrons. The van der Waals surface area contributed by atoms with Crippen LogP contribution in [0.3, 0.4) is 0 Å². The highest BCUT2D eigenvalue weighted by molar-refractivity contribution is 7.21. The van der Waals surface area contributed by atoms with Crippen molar-refractivity contribution in [2.24, 2.45) is 0 Å². The Labute approximate surface area is 131 Å². The molecule has 0 saturated carbocycles. The van der Waals surface area contributed by atoms with Gasteiger partial charge in [0.05, 0.1) is 19.1 Å². The zero-order valence-electron chi connectivity index (χ0n) is 12.8. The predicted molar refractivity (Wildman–Crippen MR) is 84.4 cm³/mol. The van der Waals surface area contributed by atoms with Crippen molar-refractivity contribution >= 4 is 38.4 Å². The van der Waals surface area contributed by atoms with E-state index in [9.17, 15) is 4.79 Å². The van der Waals surface area contributed by atoms with Gasteiger partial charge in [-0.2, -0.15) is 0 Å². The van der Waals surface area contributed by atoms with Gasteiger partial charge in [0.2, 0.25) is 0 Å². The molecular weight excluding hydrogens is 304 g/mol. The van der Waals surface area contributed by atoms with Crippen molar-refractivity contribution in [3.63, 3.8) is 0 Å². The minimum absolute atomic E-state index is 0.199. The number of carbonyl (C=O) groups is 1. The van der Waals surface area contributed by atoms with Gasteiger partial charge in [-0.15, -0.1) is 11.3 Å².